The Morgan fingerprint density at radius 2 is 1.84 bits per heavy atom. The van der Waals surface area contributed by atoms with Crippen LogP contribution in [-0.4, -0.2) is 4.98 Å². The third kappa shape index (κ3) is 2.20. The van der Waals surface area contributed by atoms with Crippen molar-refractivity contribution >= 4 is 10.9 Å². The summed E-state index contributed by atoms with van der Waals surface area (Å²) >= 11 is 0. The standard InChI is InChI=1S/C16H13FN2/c17-15-4-2-1-3-14(15)11-6-8-16-12(9-11)5-7-13(10-18)19-16/h1-9H,10,18H2. The van der Waals surface area contributed by atoms with Gasteiger partial charge in [-0.2, -0.15) is 0 Å². The first-order chi connectivity index (χ1) is 9.28. The van der Waals surface area contributed by atoms with Crippen LogP contribution in [0.25, 0.3) is 22.0 Å². The molecular formula is C16H13FN2. The Kier molecular flexibility index (Phi) is 2.97. The van der Waals surface area contributed by atoms with E-state index in [4.69, 9.17) is 5.73 Å². The largest absolute Gasteiger partial charge is 0.325 e. The first-order valence-electron chi connectivity index (χ1n) is 6.12. The minimum atomic E-state index is -0.214. The number of hydrogen-bond acceptors (Lipinski definition) is 2. The number of nitrogens with zero attached hydrogens (tertiary/aromatic N) is 1. The summed E-state index contributed by atoms with van der Waals surface area (Å²) in [5, 5.41) is 0.984. The van der Waals surface area contributed by atoms with Gasteiger partial charge in [-0.1, -0.05) is 30.3 Å². The lowest BCUT2D eigenvalue weighted by atomic mass is 10.0. The molecule has 0 radical (unpaired) electrons. The van der Waals surface area contributed by atoms with Crippen LogP contribution in [0.5, 0.6) is 0 Å². The summed E-state index contributed by atoms with van der Waals surface area (Å²) in [6.45, 7) is 0.422. The fourth-order valence-corrected chi connectivity index (χ4v) is 2.14. The number of halogens is 1. The maximum atomic E-state index is 13.8. The first kappa shape index (κ1) is 11.8. The minimum absolute atomic E-state index is 0.214. The second kappa shape index (κ2) is 4.78. The molecule has 3 rings (SSSR count). The number of pyridine rings is 1. The highest BCUT2D eigenvalue weighted by Crippen LogP contribution is 2.25. The molecule has 0 amide bonds. The summed E-state index contributed by atoms with van der Waals surface area (Å²) in [7, 11) is 0. The van der Waals surface area contributed by atoms with Crippen LogP contribution in [0.3, 0.4) is 0 Å². The summed E-state index contributed by atoms with van der Waals surface area (Å²) < 4.78 is 13.8. The van der Waals surface area contributed by atoms with E-state index in [0.29, 0.717) is 12.1 Å². The molecular weight excluding hydrogens is 239 g/mol. The van der Waals surface area contributed by atoms with Crippen molar-refractivity contribution in [2.75, 3.05) is 0 Å². The fraction of sp³-hybridized carbons (Fsp3) is 0.0625. The van der Waals surface area contributed by atoms with Gasteiger partial charge in [-0.15, -0.1) is 0 Å². The highest BCUT2D eigenvalue weighted by atomic mass is 19.1. The van der Waals surface area contributed by atoms with Crippen LogP contribution in [0.1, 0.15) is 5.69 Å². The highest BCUT2D eigenvalue weighted by molar-refractivity contribution is 5.84. The number of fused-ring (bicyclic) bond motifs is 1. The average Bonchev–Trinajstić information content (AvgIpc) is 2.46. The molecule has 2 nitrogen and oxygen atoms in total. The van der Waals surface area contributed by atoms with Crippen molar-refractivity contribution in [2.45, 2.75) is 6.54 Å². The number of benzene rings is 2. The monoisotopic (exact) mass is 252 g/mol. The van der Waals surface area contributed by atoms with E-state index in [2.05, 4.69) is 4.98 Å². The van der Waals surface area contributed by atoms with Crippen molar-refractivity contribution in [1.82, 2.24) is 4.98 Å². The molecule has 0 aliphatic rings. The molecule has 1 heterocycles. The molecule has 0 atom stereocenters. The van der Waals surface area contributed by atoms with Gasteiger partial charge < -0.3 is 5.73 Å². The lowest BCUT2D eigenvalue weighted by Crippen LogP contribution is -1.99. The van der Waals surface area contributed by atoms with E-state index >= 15 is 0 Å². The topological polar surface area (TPSA) is 38.9 Å². The first-order valence-corrected chi connectivity index (χ1v) is 6.12. The van der Waals surface area contributed by atoms with Gasteiger partial charge in [0.25, 0.3) is 0 Å². The van der Waals surface area contributed by atoms with Crippen LogP contribution < -0.4 is 5.73 Å². The molecule has 1 aromatic heterocycles. The van der Waals surface area contributed by atoms with Gasteiger partial charge in [0.1, 0.15) is 5.82 Å². The molecule has 94 valence electrons. The maximum Gasteiger partial charge on any atom is 0.131 e. The van der Waals surface area contributed by atoms with Crippen LogP contribution in [0, 0.1) is 5.82 Å². The summed E-state index contributed by atoms with van der Waals surface area (Å²) in [6, 6.07) is 16.4. The van der Waals surface area contributed by atoms with Crippen molar-refractivity contribution < 1.29 is 4.39 Å². The van der Waals surface area contributed by atoms with E-state index < -0.39 is 0 Å². The molecule has 0 saturated carbocycles. The molecule has 2 aromatic carbocycles. The van der Waals surface area contributed by atoms with E-state index in [0.717, 1.165) is 22.2 Å². The van der Waals surface area contributed by atoms with Gasteiger partial charge >= 0.3 is 0 Å². The van der Waals surface area contributed by atoms with Gasteiger partial charge in [0, 0.05) is 17.5 Å². The van der Waals surface area contributed by atoms with Gasteiger partial charge in [-0.25, -0.2) is 4.39 Å². The van der Waals surface area contributed by atoms with E-state index in [-0.39, 0.29) is 5.82 Å². The lowest BCUT2D eigenvalue weighted by Gasteiger charge is -2.06. The molecule has 0 fully saturated rings. The molecule has 0 unspecified atom stereocenters. The fourth-order valence-electron chi connectivity index (χ4n) is 2.14. The number of hydrogen-bond donors (Lipinski definition) is 1. The van der Waals surface area contributed by atoms with E-state index in [1.54, 1.807) is 12.1 Å². The van der Waals surface area contributed by atoms with Gasteiger partial charge in [-0.3, -0.25) is 4.98 Å². The van der Waals surface area contributed by atoms with E-state index in [1.165, 1.54) is 6.07 Å². The predicted octanol–water partition coefficient (Wildman–Crippen LogP) is 3.50. The minimum Gasteiger partial charge on any atom is -0.325 e. The quantitative estimate of drug-likeness (QED) is 0.758. The van der Waals surface area contributed by atoms with E-state index in [9.17, 15) is 4.39 Å². The Hall–Kier alpha value is -2.26. The molecule has 0 aliphatic carbocycles. The van der Waals surface area contributed by atoms with Gasteiger partial charge in [0.15, 0.2) is 0 Å². The van der Waals surface area contributed by atoms with Crippen LogP contribution in [0.4, 0.5) is 4.39 Å². The third-order valence-electron chi connectivity index (χ3n) is 3.14. The Bertz CT molecular complexity index is 738. The number of aromatic nitrogens is 1. The maximum absolute atomic E-state index is 13.8. The molecule has 0 aliphatic heterocycles. The van der Waals surface area contributed by atoms with Crippen LogP contribution >= 0.6 is 0 Å². The Balaban J connectivity index is 2.15. The zero-order chi connectivity index (χ0) is 13.2. The lowest BCUT2D eigenvalue weighted by molar-refractivity contribution is 0.631. The van der Waals surface area contributed by atoms with Crippen molar-refractivity contribution in [2.24, 2.45) is 5.73 Å². The molecule has 3 heteroatoms. The molecule has 0 saturated heterocycles. The Labute approximate surface area is 110 Å². The summed E-state index contributed by atoms with van der Waals surface area (Å²) in [5.74, 6) is -0.214. The average molecular weight is 252 g/mol. The molecule has 3 aromatic rings. The van der Waals surface area contributed by atoms with Gasteiger partial charge in [0.2, 0.25) is 0 Å². The summed E-state index contributed by atoms with van der Waals surface area (Å²) in [6.07, 6.45) is 0. The molecule has 19 heavy (non-hydrogen) atoms. The molecule has 2 N–H and O–H groups in total. The number of nitrogens with two attached hydrogens (primary N) is 1. The normalized spacial score (nSPS) is 10.8. The van der Waals surface area contributed by atoms with Crippen LogP contribution in [0.15, 0.2) is 54.6 Å². The second-order valence-electron chi connectivity index (χ2n) is 4.39. The van der Waals surface area contributed by atoms with Crippen molar-refractivity contribution in [3.8, 4) is 11.1 Å². The van der Waals surface area contributed by atoms with Gasteiger partial charge in [-0.05, 0) is 29.8 Å². The summed E-state index contributed by atoms with van der Waals surface area (Å²) in [4.78, 5) is 4.43. The van der Waals surface area contributed by atoms with Crippen molar-refractivity contribution in [3.63, 3.8) is 0 Å². The smallest absolute Gasteiger partial charge is 0.131 e. The van der Waals surface area contributed by atoms with Crippen LogP contribution in [-0.2, 0) is 6.54 Å². The van der Waals surface area contributed by atoms with Crippen LogP contribution in [0.2, 0.25) is 0 Å². The SMILES string of the molecule is NCc1ccc2cc(-c3ccccc3F)ccc2n1. The highest BCUT2D eigenvalue weighted by Gasteiger charge is 2.05. The number of rotatable bonds is 2. The Morgan fingerprint density at radius 1 is 1.00 bits per heavy atom. The van der Waals surface area contributed by atoms with Crippen molar-refractivity contribution in [1.29, 1.82) is 0 Å². The third-order valence-corrected chi connectivity index (χ3v) is 3.14. The second-order valence-corrected chi connectivity index (χ2v) is 4.39. The van der Waals surface area contributed by atoms with Crippen molar-refractivity contribution in [3.05, 3.63) is 66.1 Å². The molecule has 0 bridgehead atoms. The van der Waals surface area contributed by atoms with E-state index in [1.807, 2.05) is 36.4 Å². The predicted molar refractivity (Wildman–Crippen MR) is 75.0 cm³/mol. The Morgan fingerprint density at radius 3 is 2.63 bits per heavy atom. The van der Waals surface area contributed by atoms with Gasteiger partial charge in [0.05, 0.1) is 11.2 Å². The summed E-state index contributed by atoms with van der Waals surface area (Å²) in [5.41, 5.74) is 8.76. The zero-order valence-electron chi connectivity index (χ0n) is 10.3. The molecule has 0 spiro atoms. The zero-order valence-corrected chi connectivity index (χ0v) is 10.3.